The molecule has 1 nitrogen and oxygen atoms in total. The smallest absolute Gasteiger partial charge is 0.135 e. The normalized spacial score (nSPS) is 12.0. The first-order valence-electron chi connectivity index (χ1n) is 19.0. The minimum absolute atomic E-state index is 0.915. The van der Waals surface area contributed by atoms with Gasteiger partial charge in [0.25, 0.3) is 0 Å². The summed E-state index contributed by atoms with van der Waals surface area (Å²) in [6.45, 7) is 0. The van der Waals surface area contributed by atoms with Gasteiger partial charge in [-0.15, -0.1) is 0 Å². The molecule has 1 aliphatic rings. The Morgan fingerprint density at radius 3 is 1.09 bits per heavy atom. The van der Waals surface area contributed by atoms with E-state index in [-0.39, 0.29) is 0 Å². The Morgan fingerprint density at radius 2 is 0.545 bits per heavy atom. The minimum Gasteiger partial charge on any atom is -0.456 e. The summed E-state index contributed by atoms with van der Waals surface area (Å²) in [4.78, 5) is 0. The Labute approximate surface area is 318 Å². The molecule has 0 aliphatic heterocycles. The molecule has 0 atom stereocenters. The van der Waals surface area contributed by atoms with Gasteiger partial charge < -0.3 is 4.42 Å². The molecule has 1 aliphatic carbocycles. The first kappa shape index (κ1) is 30.3. The predicted octanol–water partition coefficient (Wildman–Crippen LogP) is 15.4. The van der Waals surface area contributed by atoms with Crippen molar-refractivity contribution in [2.45, 2.75) is 0 Å². The van der Waals surface area contributed by atoms with Crippen LogP contribution in [-0.2, 0) is 0 Å². The Kier molecular flexibility index (Phi) is 6.40. The second-order valence-corrected chi connectivity index (χ2v) is 14.8. The Balaban J connectivity index is 1.08. The van der Waals surface area contributed by atoms with Crippen LogP contribution < -0.4 is 0 Å². The van der Waals surface area contributed by atoms with E-state index >= 15 is 0 Å². The molecule has 0 bridgehead atoms. The first-order valence-corrected chi connectivity index (χ1v) is 19.0. The van der Waals surface area contributed by atoms with Gasteiger partial charge in [0, 0.05) is 10.8 Å². The molecule has 0 unspecified atom stereocenters. The predicted molar refractivity (Wildman–Crippen MR) is 232 cm³/mol. The number of benzene rings is 10. The summed E-state index contributed by atoms with van der Waals surface area (Å²) in [5, 5.41) is 9.89. The van der Waals surface area contributed by atoms with Crippen molar-refractivity contribution in [1.29, 1.82) is 0 Å². The van der Waals surface area contributed by atoms with Crippen LogP contribution in [0.5, 0.6) is 0 Å². The highest BCUT2D eigenvalue weighted by Crippen LogP contribution is 2.49. The molecule has 0 radical (unpaired) electrons. The number of hydrogen-bond donors (Lipinski definition) is 0. The summed E-state index contributed by atoms with van der Waals surface area (Å²) in [5.41, 5.74) is 16.7. The summed E-state index contributed by atoms with van der Waals surface area (Å²) in [5.74, 6) is 0. The minimum atomic E-state index is 0.915. The lowest BCUT2D eigenvalue weighted by Crippen LogP contribution is -1.97. The van der Waals surface area contributed by atoms with E-state index in [4.69, 9.17) is 4.42 Å². The van der Waals surface area contributed by atoms with Crippen molar-refractivity contribution >= 4 is 54.3 Å². The van der Waals surface area contributed by atoms with Crippen molar-refractivity contribution in [2.75, 3.05) is 0 Å². The van der Waals surface area contributed by atoms with Crippen molar-refractivity contribution in [1.82, 2.24) is 0 Å². The molecule has 12 rings (SSSR count). The van der Waals surface area contributed by atoms with E-state index in [1.165, 1.54) is 99.1 Å². The van der Waals surface area contributed by atoms with Gasteiger partial charge in [-0.2, -0.15) is 0 Å². The molecule has 1 heterocycles. The molecule has 0 spiro atoms. The van der Waals surface area contributed by atoms with Crippen LogP contribution in [0.3, 0.4) is 0 Å². The fourth-order valence-electron chi connectivity index (χ4n) is 9.26. The van der Waals surface area contributed by atoms with Crippen LogP contribution >= 0.6 is 0 Å². The van der Waals surface area contributed by atoms with Crippen LogP contribution in [0.1, 0.15) is 0 Å². The molecular weight excluding hydrogens is 665 g/mol. The fraction of sp³-hybridized carbons (Fsp3) is 0. The topological polar surface area (TPSA) is 13.1 Å². The van der Waals surface area contributed by atoms with Crippen molar-refractivity contribution in [3.63, 3.8) is 0 Å². The van der Waals surface area contributed by atoms with E-state index in [1.807, 2.05) is 12.1 Å². The second-order valence-electron chi connectivity index (χ2n) is 14.8. The van der Waals surface area contributed by atoms with Crippen LogP contribution in [0.25, 0.3) is 121 Å². The Hall–Kier alpha value is -7.22. The van der Waals surface area contributed by atoms with E-state index < -0.39 is 0 Å². The highest BCUT2D eigenvalue weighted by Gasteiger charge is 2.22. The zero-order chi connectivity index (χ0) is 36.0. The Morgan fingerprint density at radius 1 is 0.200 bits per heavy atom. The first-order chi connectivity index (χ1) is 27.3. The number of furan rings is 1. The van der Waals surface area contributed by atoms with Crippen molar-refractivity contribution in [2.24, 2.45) is 0 Å². The monoisotopic (exact) mass is 696 g/mol. The van der Waals surface area contributed by atoms with Crippen LogP contribution in [0, 0.1) is 0 Å². The summed E-state index contributed by atoms with van der Waals surface area (Å²) >= 11 is 0. The van der Waals surface area contributed by atoms with E-state index in [0.29, 0.717) is 0 Å². The average Bonchev–Trinajstić information content (AvgIpc) is 3.63. The maximum Gasteiger partial charge on any atom is 0.135 e. The van der Waals surface area contributed by atoms with Crippen LogP contribution in [0.4, 0.5) is 0 Å². The van der Waals surface area contributed by atoms with Crippen molar-refractivity contribution in [3.8, 4) is 66.8 Å². The zero-order valence-corrected chi connectivity index (χ0v) is 29.9. The second kappa shape index (κ2) is 11.6. The molecule has 0 N–H and O–H groups in total. The van der Waals surface area contributed by atoms with Gasteiger partial charge in [0.05, 0.1) is 0 Å². The summed E-state index contributed by atoms with van der Waals surface area (Å²) < 4.78 is 6.17. The van der Waals surface area contributed by atoms with Crippen molar-refractivity contribution in [3.05, 3.63) is 194 Å². The van der Waals surface area contributed by atoms with Gasteiger partial charge >= 0.3 is 0 Å². The molecule has 0 saturated carbocycles. The highest BCUT2D eigenvalue weighted by atomic mass is 16.3. The van der Waals surface area contributed by atoms with Crippen LogP contribution in [0.15, 0.2) is 199 Å². The third-order valence-electron chi connectivity index (χ3n) is 11.8. The van der Waals surface area contributed by atoms with Crippen LogP contribution in [0.2, 0.25) is 0 Å². The molecule has 11 aromatic rings. The maximum atomic E-state index is 6.17. The van der Waals surface area contributed by atoms with E-state index in [0.717, 1.165) is 21.9 Å². The molecule has 55 heavy (non-hydrogen) atoms. The molecule has 0 fully saturated rings. The Bertz CT molecular complexity index is 3370. The summed E-state index contributed by atoms with van der Waals surface area (Å²) in [7, 11) is 0. The number of rotatable bonds is 2. The SMILES string of the molecule is c1ccc2c(c1)-c1ccccc1-c1ccc(-c3ccc4c5ccccc5c5ccc(-c6ccc7oc8ccccc8c7c6)cc5c4c3)cc1-c1ccccc1-2. The molecule has 10 aromatic carbocycles. The maximum absolute atomic E-state index is 6.17. The zero-order valence-electron chi connectivity index (χ0n) is 29.9. The molecule has 1 heteroatoms. The number of hydrogen-bond acceptors (Lipinski definition) is 1. The lowest BCUT2D eigenvalue weighted by Gasteiger charge is -2.23. The number of para-hydroxylation sites is 1. The van der Waals surface area contributed by atoms with E-state index in [9.17, 15) is 0 Å². The van der Waals surface area contributed by atoms with Crippen molar-refractivity contribution < 1.29 is 4.42 Å². The van der Waals surface area contributed by atoms with Gasteiger partial charge in [0.2, 0.25) is 0 Å². The van der Waals surface area contributed by atoms with Crippen LogP contribution in [-0.4, -0.2) is 0 Å². The standard InChI is InChI=1S/C54H32O/c1-2-12-38-37(11-1)39-13-3-4-15-41(39)45-25-21-33(29-49(45)44-18-8-7-14-40(38)44)34-22-26-46-42-16-5-6-17-43(42)47-27-23-35(31-51(47)50(46)30-34)36-24-28-54-52(32-36)48-19-9-10-20-53(48)55-54/h1-32H. The van der Waals surface area contributed by atoms with E-state index in [1.54, 1.807) is 0 Å². The third kappa shape index (κ3) is 4.54. The fourth-order valence-corrected chi connectivity index (χ4v) is 9.26. The third-order valence-corrected chi connectivity index (χ3v) is 11.8. The van der Waals surface area contributed by atoms with Gasteiger partial charge in [0.15, 0.2) is 0 Å². The average molecular weight is 697 g/mol. The highest BCUT2D eigenvalue weighted by molar-refractivity contribution is 6.26. The van der Waals surface area contributed by atoms with Gasteiger partial charge in [-0.3, -0.25) is 0 Å². The van der Waals surface area contributed by atoms with Gasteiger partial charge in [0.1, 0.15) is 11.2 Å². The lowest BCUT2D eigenvalue weighted by atomic mass is 9.80. The molecule has 1 aromatic heterocycles. The van der Waals surface area contributed by atoms with Gasteiger partial charge in [-0.25, -0.2) is 0 Å². The van der Waals surface area contributed by atoms with Gasteiger partial charge in [-0.05, 0) is 135 Å². The lowest BCUT2D eigenvalue weighted by molar-refractivity contribution is 0.669. The molecule has 0 saturated heterocycles. The summed E-state index contributed by atoms with van der Waals surface area (Å²) in [6.07, 6.45) is 0. The molecule has 254 valence electrons. The summed E-state index contributed by atoms with van der Waals surface area (Å²) in [6, 6.07) is 71.4. The van der Waals surface area contributed by atoms with E-state index in [2.05, 4.69) is 182 Å². The molecule has 0 amide bonds. The van der Waals surface area contributed by atoms with Gasteiger partial charge in [-0.1, -0.05) is 158 Å². The number of fused-ring (bicyclic) bond motifs is 17. The molecular formula is C54H32O. The quantitative estimate of drug-likeness (QED) is 0.164. The largest absolute Gasteiger partial charge is 0.456 e.